The largest absolute Gasteiger partial charge is 0.494 e. The molecular formula is C37H50B2O4. The van der Waals surface area contributed by atoms with E-state index in [-0.39, 0.29) is 42.1 Å². The summed E-state index contributed by atoms with van der Waals surface area (Å²) < 4.78 is 25.1. The molecule has 0 unspecified atom stereocenters. The van der Waals surface area contributed by atoms with Crippen LogP contribution in [0.1, 0.15) is 104 Å². The number of hydrogen-bond donors (Lipinski definition) is 0. The van der Waals surface area contributed by atoms with E-state index in [9.17, 15) is 0 Å². The smallest absolute Gasteiger partial charge is 0.399 e. The minimum atomic E-state index is -0.349. The van der Waals surface area contributed by atoms with Gasteiger partial charge in [-0.05, 0) is 113 Å². The second-order valence-corrected chi connectivity index (χ2v) is 15.6. The number of hydrogen-bond acceptors (Lipinski definition) is 4. The molecule has 228 valence electrons. The highest BCUT2D eigenvalue weighted by Crippen LogP contribution is 2.38. The summed E-state index contributed by atoms with van der Waals surface area (Å²) in [5.41, 5.74) is 6.18. The van der Waals surface area contributed by atoms with Gasteiger partial charge in [0.1, 0.15) is 0 Å². The molecule has 2 aliphatic rings. The zero-order chi connectivity index (χ0) is 31.4. The quantitative estimate of drug-likeness (QED) is 0.278. The van der Waals surface area contributed by atoms with Crippen molar-refractivity contribution in [1.29, 1.82) is 0 Å². The van der Waals surface area contributed by atoms with Crippen molar-refractivity contribution in [1.82, 2.24) is 0 Å². The molecule has 3 aromatic carbocycles. The maximum atomic E-state index is 6.29. The Balaban J connectivity index is 1.35. The Kier molecular flexibility index (Phi) is 8.35. The summed E-state index contributed by atoms with van der Waals surface area (Å²) >= 11 is 0. The SMILES string of the molecule is CC(C)(C)c1ccc(C(Cc2ccc(B3OC(C)(C)C(C)(C)O3)cc2)Cc2ccc(B3OC(C)(C)C(C)(C)O3)cc2)cc1. The van der Waals surface area contributed by atoms with Crippen LogP contribution in [0.3, 0.4) is 0 Å². The number of benzene rings is 3. The minimum absolute atomic E-state index is 0.126. The minimum Gasteiger partial charge on any atom is -0.399 e. The van der Waals surface area contributed by atoms with E-state index in [0.29, 0.717) is 5.92 Å². The zero-order valence-electron chi connectivity index (χ0n) is 28.2. The van der Waals surface area contributed by atoms with Crippen LogP contribution in [0.4, 0.5) is 0 Å². The van der Waals surface area contributed by atoms with Crippen LogP contribution in [-0.2, 0) is 36.9 Å². The third-order valence-electron chi connectivity index (χ3n) is 10.2. The highest BCUT2D eigenvalue weighted by molar-refractivity contribution is 6.62. The molecule has 6 heteroatoms. The molecule has 5 rings (SSSR count). The molecule has 0 amide bonds. The molecule has 43 heavy (non-hydrogen) atoms. The van der Waals surface area contributed by atoms with E-state index in [4.69, 9.17) is 18.6 Å². The maximum Gasteiger partial charge on any atom is 0.494 e. The van der Waals surface area contributed by atoms with Gasteiger partial charge in [0.25, 0.3) is 0 Å². The van der Waals surface area contributed by atoms with Gasteiger partial charge < -0.3 is 18.6 Å². The lowest BCUT2D eigenvalue weighted by Gasteiger charge is -2.32. The lowest BCUT2D eigenvalue weighted by molar-refractivity contribution is 0.00578. The Bertz CT molecular complexity index is 1290. The van der Waals surface area contributed by atoms with E-state index in [0.717, 1.165) is 23.8 Å². The molecule has 2 heterocycles. The Morgan fingerprint density at radius 2 is 0.837 bits per heavy atom. The summed E-state index contributed by atoms with van der Waals surface area (Å²) in [6.07, 6.45) is 1.88. The van der Waals surface area contributed by atoms with Crippen molar-refractivity contribution < 1.29 is 18.6 Å². The van der Waals surface area contributed by atoms with Gasteiger partial charge in [0, 0.05) is 0 Å². The highest BCUT2D eigenvalue weighted by atomic mass is 16.7. The lowest BCUT2D eigenvalue weighted by Crippen LogP contribution is -2.41. The van der Waals surface area contributed by atoms with E-state index < -0.39 is 0 Å². The molecule has 3 aromatic rings. The van der Waals surface area contributed by atoms with Gasteiger partial charge >= 0.3 is 14.2 Å². The van der Waals surface area contributed by atoms with Crippen LogP contribution in [0.15, 0.2) is 72.8 Å². The van der Waals surface area contributed by atoms with Crippen LogP contribution in [0.25, 0.3) is 0 Å². The first-order valence-electron chi connectivity index (χ1n) is 15.9. The molecule has 0 aromatic heterocycles. The summed E-state index contributed by atoms with van der Waals surface area (Å²) in [5, 5.41) is 0. The Labute approximate surface area is 261 Å². The molecule has 0 N–H and O–H groups in total. The molecule has 0 saturated carbocycles. The second kappa shape index (κ2) is 11.2. The summed E-state index contributed by atoms with van der Waals surface area (Å²) in [7, 11) is -0.690. The molecule has 2 fully saturated rings. The average molecular weight is 580 g/mol. The lowest BCUT2D eigenvalue weighted by atomic mass is 9.77. The summed E-state index contributed by atoms with van der Waals surface area (Å²) in [6.45, 7) is 23.6. The first-order chi connectivity index (χ1) is 19.9. The first kappa shape index (κ1) is 32.0. The van der Waals surface area contributed by atoms with E-state index in [2.05, 4.69) is 149 Å². The van der Waals surface area contributed by atoms with Crippen LogP contribution >= 0.6 is 0 Å². The van der Waals surface area contributed by atoms with Gasteiger partial charge in [-0.15, -0.1) is 0 Å². The van der Waals surface area contributed by atoms with Crippen LogP contribution in [0, 0.1) is 0 Å². The summed E-state index contributed by atoms with van der Waals surface area (Å²) in [6, 6.07) is 26.8. The van der Waals surface area contributed by atoms with Gasteiger partial charge in [0.15, 0.2) is 0 Å². The van der Waals surface area contributed by atoms with Crippen LogP contribution in [0.2, 0.25) is 0 Å². The molecule has 2 aliphatic heterocycles. The van der Waals surface area contributed by atoms with Crippen molar-refractivity contribution in [3.05, 3.63) is 95.1 Å². The standard InChI is InChI=1S/C37H50B2O4/c1-33(2,3)30-18-16-28(17-19-30)29(24-26-12-20-31(21-13-26)38-40-34(4,5)35(6,7)41-38)25-27-14-22-32(23-15-27)39-42-36(8,9)37(10,11)43-39/h12-23,29H,24-25H2,1-11H3. The van der Waals surface area contributed by atoms with Crippen molar-refractivity contribution in [2.45, 2.75) is 123 Å². The Morgan fingerprint density at radius 3 is 1.14 bits per heavy atom. The summed E-state index contributed by atoms with van der Waals surface area (Å²) in [4.78, 5) is 0. The van der Waals surface area contributed by atoms with E-state index in [1.807, 2.05) is 0 Å². The van der Waals surface area contributed by atoms with Crippen LogP contribution in [0.5, 0.6) is 0 Å². The zero-order valence-corrected chi connectivity index (χ0v) is 28.2. The molecule has 0 radical (unpaired) electrons. The van der Waals surface area contributed by atoms with E-state index in [1.165, 1.54) is 22.3 Å². The van der Waals surface area contributed by atoms with Crippen molar-refractivity contribution in [2.75, 3.05) is 0 Å². The third kappa shape index (κ3) is 6.68. The van der Waals surface area contributed by atoms with Gasteiger partial charge in [-0.25, -0.2) is 0 Å². The topological polar surface area (TPSA) is 36.9 Å². The van der Waals surface area contributed by atoms with Crippen molar-refractivity contribution >= 4 is 25.2 Å². The maximum absolute atomic E-state index is 6.29. The normalized spacial score (nSPS) is 20.7. The predicted octanol–water partition coefficient (Wildman–Crippen LogP) is 7.15. The van der Waals surface area contributed by atoms with Crippen molar-refractivity contribution in [2.24, 2.45) is 0 Å². The fourth-order valence-corrected chi connectivity index (χ4v) is 5.71. The van der Waals surface area contributed by atoms with Gasteiger partial charge in [0.05, 0.1) is 22.4 Å². The Morgan fingerprint density at radius 1 is 0.512 bits per heavy atom. The number of rotatable bonds is 7. The molecule has 4 nitrogen and oxygen atoms in total. The predicted molar refractivity (Wildman–Crippen MR) is 180 cm³/mol. The molecule has 0 spiro atoms. The fraction of sp³-hybridized carbons (Fsp3) is 0.514. The van der Waals surface area contributed by atoms with Crippen molar-refractivity contribution in [3.63, 3.8) is 0 Å². The molecule has 0 atom stereocenters. The van der Waals surface area contributed by atoms with Gasteiger partial charge in [-0.3, -0.25) is 0 Å². The van der Waals surface area contributed by atoms with Crippen molar-refractivity contribution in [3.8, 4) is 0 Å². The first-order valence-corrected chi connectivity index (χ1v) is 15.9. The second-order valence-electron chi connectivity index (χ2n) is 15.6. The fourth-order valence-electron chi connectivity index (χ4n) is 5.71. The molecule has 0 aliphatic carbocycles. The summed E-state index contributed by atoms with van der Waals surface area (Å²) in [5.74, 6) is 0.333. The monoisotopic (exact) mass is 580 g/mol. The van der Waals surface area contributed by atoms with Gasteiger partial charge in [0.2, 0.25) is 0 Å². The molecule has 0 bridgehead atoms. The van der Waals surface area contributed by atoms with E-state index in [1.54, 1.807) is 0 Å². The van der Waals surface area contributed by atoms with E-state index >= 15 is 0 Å². The molecular weight excluding hydrogens is 530 g/mol. The van der Waals surface area contributed by atoms with Gasteiger partial charge in [-0.1, -0.05) is 93.6 Å². The molecule has 2 saturated heterocycles. The average Bonchev–Trinajstić information content (AvgIpc) is 3.28. The van der Waals surface area contributed by atoms with Gasteiger partial charge in [-0.2, -0.15) is 0 Å². The Hall–Kier alpha value is -2.37. The third-order valence-corrected chi connectivity index (χ3v) is 10.2. The van der Waals surface area contributed by atoms with Crippen LogP contribution < -0.4 is 10.9 Å². The van der Waals surface area contributed by atoms with Crippen LogP contribution in [-0.4, -0.2) is 36.6 Å². The highest BCUT2D eigenvalue weighted by Gasteiger charge is 2.52.